The summed E-state index contributed by atoms with van der Waals surface area (Å²) >= 11 is 0. The van der Waals surface area contributed by atoms with Crippen molar-refractivity contribution >= 4 is 35.8 Å². The first kappa shape index (κ1) is 21.1. The molecule has 0 aliphatic rings. The van der Waals surface area contributed by atoms with Crippen molar-refractivity contribution in [2.75, 3.05) is 0 Å². The van der Waals surface area contributed by atoms with Gasteiger partial charge in [0.15, 0.2) is 11.8 Å². The van der Waals surface area contributed by atoms with Crippen LogP contribution in [-0.2, 0) is 28.8 Å². The van der Waals surface area contributed by atoms with Crippen molar-refractivity contribution in [1.82, 2.24) is 0 Å². The lowest BCUT2D eigenvalue weighted by Gasteiger charge is -2.01. The molecule has 0 aromatic rings. The second kappa shape index (κ2) is 9.68. The SMILES string of the molecule is O=C(O)CC(C(=O)O)C(=O)O.O=C(O)CC(C(=O)O)C(=O)O. The minimum atomic E-state index is -1.85. The monoisotopic (exact) mass is 324 g/mol. The first-order valence-electron chi connectivity index (χ1n) is 5.24. The van der Waals surface area contributed by atoms with E-state index in [2.05, 4.69) is 0 Å². The summed E-state index contributed by atoms with van der Waals surface area (Å²) in [6, 6.07) is 0. The number of aliphatic carboxylic acids is 6. The predicted molar refractivity (Wildman–Crippen MR) is 62.0 cm³/mol. The Morgan fingerprint density at radius 3 is 0.727 bits per heavy atom. The number of hydrogen-bond acceptors (Lipinski definition) is 6. The molecule has 0 aliphatic heterocycles. The molecule has 0 aromatic carbocycles. The van der Waals surface area contributed by atoms with Gasteiger partial charge in [-0.3, -0.25) is 28.8 Å². The first-order chi connectivity index (χ1) is 9.89. The van der Waals surface area contributed by atoms with Crippen LogP contribution < -0.4 is 0 Å². The van der Waals surface area contributed by atoms with E-state index >= 15 is 0 Å². The summed E-state index contributed by atoms with van der Waals surface area (Å²) < 4.78 is 0. The Hall–Kier alpha value is -3.18. The number of hydrogen-bond donors (Lipinski definition) is 6. The van der Waals surface area contributed by atoms with Crippen molar-refractivity contribution in [2.45, 2.75) is 12.8 Å². The van der Waals surface area contributed by atoms with E-state index in [1.54, 1.807) is 0 Å². The normalized spacial score (nSPS) is 9.55. The molecule has 0 aliphatic carbocycles. The van der Waals surface area contributed by atoms with Gasteiger partial charge in [-0.15, -0.1) is 0 Å². The molecule has 0 saturated carbocycles. The summed E-state index contributed by atoms with van der Waals surface area (Å²) in [6.45, 7) is 0. The molecule has 0 fully saturated rings. The third kappa shape index (κ3) is 9.71. The molecular weight excluding hydrogens is 312 g/mol. The van der Waals surface area contributed by atoms with Gasteiger partial charge in [0.05, 0.1) is 12.8 Å². The van der Waals surface area contributed by atoms with Crippen LogP contribution in [0.5, 0.6) is 0 Å². The van der Waals surface area contributed by atoms with Crippen LogP contribution in [-0.4, -0.2) is 66.5 Å². The van der Waals surface area contributed by atoms with Crippen LogP contribution in [0.4, 0.5) is 0 Å². The van der Waals surface area contributed by atoms with Crippen molar-refractivity contribution in [3.8, 4) is 0 Å². The molecule has 22 heavy (non-hydrogen) atoms. The van der Waals surface area contributed by atoms with Gasteiger partial charge in [0, 0.05) is 0 Å². The lowest BCUT2D eigenvalue weighted by molar-refractivity contribution is -0.159. The van der Waals surface area contributed by atoms with E-state index in [4.69, 9.17) is 30.6 Å². The smallest absolute Gasteiger partial charge is 0.318 e. The highest BCUT2D eigenvalue weighted by molar-refractivity contribution is 5.96. The average Bonchev–Trinajstić information content (AvgIpc) is 2.32. The van der Waals surface area contributed by atoms with Crippen LogP contribution >= 0.6 is 0 Å². The molecule has 0 bridgehead atoms. The maximum Gasteiger partial charge on any atom is 0.318 e. The second-order valence-electron chi connectivity index (χ2n) is 3.65. The Kier molecular flexibility index (Phi) is 9.30. The van der Waals surface area contributed by atoms with Gasteiger partial charge < -0.3 is 30.6 Å². The van der Waals surface area contributed by atoms with Crippen LogP contribution in [0.3, 0.4) is 0 Å². The summed E-state index contributed by atoms with van der Waals surface area (Å²) in [5.74, 6) is -13.2. The van der Waals surface area contributed by atoms with Crippen molar-refractivity contribution in [2.24, 2.45) is 11.8 Å². The van der Waals surface area contributed by atoms with Crippen LogP contribution in [0.2, 0.25) is 0 Å². The standard InChI is InChI=1S/2C5H6O6/c2*6-3(7)1-2(4(8)9)5(10)11/h2*2H,1H2,(H,6,7)(H,8,9)(H,10,11). The van der Waals surface area contributed by atoms with Crippen molar-refractivity contribution < 1.29 is 59.4 Å². The zero-order valence-corrected chi connectivity index (χ0v) is 10.7. The van der Waals surface area contributed by atoms with E-state index in [-0.39, 0.29) is 0 Å². The number of carboxylic acids is 6. The minimum Gasteiger partial charge on any atom is -0.481 e. The summed E-state index contributed by atoms with van der Waals surface area (Å²) in [4.78, 5) is 59.9. The Bertz CT molecular complexity index is 406. The molecule has 12 heteroatoms. The van der Waals surface area contributed by atoms with E-state index in [0.717, 1.165) is 0 Å². The molecule has 0 aromatic heterocycles. The van der Waals surface area contributed by atoms with Crippen LogP contribution in [0.1, 0.15) is 12.8 Å². The zero-order chi connectivity index (χ0) is 18.0. The lowest BCUT2D eigenvalue weighted by Crippen LogP contribution is -2.25. The molecule has 0 spiro atoms. The molecule has 12 nitrogen and oxygen atoms in total. The fourth-order valence-corrected chi connectivity index (χ4v) is 0.910. The van der Waals surface area contributed by atoms with E-state index in [1.807, 2.05) is 0 Å². The molecular formula is C10H12O12. The van der Waals surface area contributed by atoms with Gasteiger partial charge >= 0.3 is 35.8 Å². The zero-order valence-electron chi connectivity index (χ0n) is 10.7. The first-order valence-corrected chi connectivity index (χ1v) is 5.24. The Labute approximate surface area is 121 Å². The summed E-state index contributed by atoms with van der Waals surface area (Å²) in [6.07, 6.45) is -1.80. The van der Waals surface area contributed by atoms with Crippen LogP contribution in [0.25, 0.3) is 0 Å². The highest BCUT2D eigenvalue weighted by atomic mass is 16.4. The highest BCUT2D eigenvalue weighted by Gasteiger charge is 2.28. The van der Waals surface area contributed by atoms with Gasteiger partial charge in [-0.05, 0) is 0 Å². The molecule has 0 amide bonds. The van der Waals surface area contributed by atoms with E-state index in [1.165, 1.54) is 0 Å². The summed E-state index contributed by atoms with van der Waals surface area (Å²) in [5.41, 5.74) is 0. The molecule has 0 radical (unpaired) electrons. The Morgan fingerprint density at radius 2 is 0.682 bits per heavy atom. The minimum absolute atomic E-state index is 0.898. The number of carbonyl (C=O) groups is 6. The van der Waals surface area contributed by atoms with Crippen LogP contribution in [0, 0.1) is 11.8 Å². The average molecular weight is 324 g/mol. The summed E-state index contributed by atoms with van der Waals surface area (Å²) in [7, 11) is 0. The van der Waals surface area contributed by atoms with E-state index in [9.17, 15) is 28.8 Å². The van der Waals surface area contributed by atoms with Gasteiger partial charge in [-0.2, -0.15) is 0 Å². The largest absolute Gasteiger partial charge is 0.481 e. The number of carboxylic acid groups (broad SMARTS) is 6. The third-order valence-electron chi connectivity index (χ3n) is 1.95. The molecule has 124 valence electrons. The molecule has 6 N–H and O–H groups in total. The molecule has 0 heterocycles. The quantitative estimate of drug-likeness (QED) is 0.280. The lowest BCUT2D eigenvalue weighted by atomic mass is 10.1. The topological polar surface area (TPSA) is 224 Å². The van der Waals surface area contributed by atoms with Gasteiger partial charge in [-0.25, -0.2) is 0 Å². The molecule has 0 rings (SSSR count). The van der Waals surface area contributed by atoms with E-state index in [0.29, 0.717) is 0 Å². The highest BCUT2D eigenvalue weighted by Crippen LogP contribution is 2.03. The predicted octanol–water partition coefficient (Wildman–Crippen LogP) is -1.51. The fourth-order valence-electron chi connectivity index (χ4n) is 0.910. The van der Waals surface area contributed by atoms with Crippen molar-refractivity contribution in [1.29, 1.82) is 0 Å². The second-order valence-corrected chi connectivity index (χ2v) is 3.65. The van der Waals surface area contributed by atoms with Crippen molar-refractivity contribution in [3.05, 3.63) is 0 Å². The fraction of sp³-hybridized carbons (Fsp3) is 0.400. The van der Waals surface area contributed by atoms with Crippen molar-refractivity contribution in [3.63, 3.8) is 0 Å². The molecule has 0 saturated heterocycles. The Morgan fingerprint density at radius 1 is 0.500 bits per heavy atom. The van der Waals surface area contributed by atoms with Gasteiger partial charge in [0.25, 0.3) is 0 Å². The Balaban J connectivity index is 0. The third-order valence-corrected chi connectivity index (χ3v) is 1.95. The molecule has 0 atom stereocenters. The van der Waals surface area contributed by atoms with E-state index < -0.39 is 60.5 Å². The van der Waals surface area contributed by atoms with Gasteiger partial charge in [0.2, 0.25) is 0 Å². The molecule has 0 unspecified atom stereocenters. The maximum atomic E-state index is 10.0. The summed E-state index contributed by atoms with van der Waals surface area (Å²) in [5, 5.41) is 48.7. The van der Waals surface area contributed by atoms with Gasteiger partial charge in [0.1, 0.15) is 0 Å². The van der Waals surface area contributed by atoms with Gasteiger partial charge in [-0.1, -0.05) is 0 Å². The maximum absolute atomic E-state index is 10.0. The van der Waals surface area contributed by atoms with Crippen LogP contribution in [0.15, 0.2) is 0 Å². The number of rotatable bonds is 8.